The average Bonchev–Trinajstić information content (AvgIpc) is 3.40. The lowest BCUT2D eigenvalue weighted by Gasteiger charge is -2.26. The maximum absolute atomic E-state index is 12.6. The van der Waals surface area contributed by atoms with Gasteiger partial charge in [-0.05, 0) is 49.4 Å². The number of piperidine rings is 1. The highest BCUT2D eigenvalue weighted by molar-refractivity contribution is 7.99. The molecular weight excluding hydrogens is 394 g/mol. The molecule has 28 heavy (non-hydrogen) atoms. The van der Waals surface area contributed by atoms with Gasteiger partial charge in [0.15, 0.2) is 0 Å². The molecule has 4 rings (SSSR count). The molecule has 3 heterocycles. The molecule has 0 unspecified atom stereocenters. The molecule has 1 saturated carbocycles. The predicted molar refractivity (Wildman–Crippen MR) is 110 cm³/mol. The molecule has 1 aliphatic carbocycles. The van der Waals surface area contributed by atoms with E-state index < -0.39 is 0 Å². The smallest absolute Gasteiger partial charge is 0.255 e. The molecule has 1 amide bonds. The van der Waals surface area contributed by atoms with Gasteiger partial charge < -0.3 is 4.90 Å². The van der Waals surface area contributed by atoms with Crippen molar-refractivity contribution in [1.82, 2.24) is 25.1 Å². The van der Waals surface area contributed by atoms with Gasteiger partial charge in [0.2, 0.25) is 5.16 Å². The number of nitrogens with one attached hydrogen (secondary N) is 1. The van der Waals surface area contributed by atoms with Gasteiger partial charge in [-0.3, -0.25) is 9.89 Å². The summed E-state index contributed by atoms with van der Waals surface area (Å²) in [5.41, 5.74) is 0.545. The monoisotopic (exact) mass is 419 g/mol. The molecule has 150 valence electrons. The highest BCUT2D eigenvalue weighted by Gasteiger charge is 2.20. The summed E-state index contributed by atoms with van der Waals surface area (Å²) in [4.78, 5) is 23.4. The van der Waals surface area contributed by atoms with Gasteiger partial charge >= 0.3 is 0 Å². The fraction of sp³-hybridized carbons (Fsp3) is 0.600. The number of hydrogen-bond donors (Lipinski definition) is 1. The van der Waals surface area contributed by atoms with Crippen molar-refractivity contribution in [3.05, 3.63) is 28.7 Å². The standard InChI is InChI=1S/C20H26ClN5OS/c21-16-12-15(19(27)26-10-4-1-5-11-26)13-22-18(16)28-20-23-17(24-25-20)9-8-14-6-2-3-7-14/h12-14H,1-11H2,(H,23,24,25). The van der Waals surface area contributed by atoms with Crippen LogP contribution in [0.3, 0.4) is 0 Å². The molecule has 0 atom stereocenters. The Balaban J connectivity index is 1.36. The number of rotatable bonds is 6. The van der Waals surface area contributed by atoms with Gasteiger partial charge in [0, 0.05) is 25.7 Å². The lowest BCUT2D eigenvalue weighted by atomic mass is 10.0. The quantitative estimate of drug-likeness (QED) is 0.730. The van der Waals surface area contributed by atoms with Crippen molar-refractivity contribution in [1.29, 1.82) is 0 Å². The van der Waals surface area contributed by atoms with Crippen LogP contribution in [-0.2, 0) is 6.42 Å². The van der Waals surface area contributed by atoms with Crippen molar-refractivity contribution < 1.29 is 4.79 Å². The molecule has 0 radical (unpaired) electrons. The summed E-state index contributed by atoms with van der Waals surface area (Å²) in [5, 5.41) is 9.01. The van der Waals surface area contributed by atoms with E-state index in [0.717, 1.165) is 44.1 Å². The second-order valence-electron chi connectivity index (χ2n) is 7.72. The molecule has 8 heteroatoms. The number of nitrogens with zero attached hydrogens (tertiary/aromatic N) is 4. The van der Waals surface area contributed by atoms with Gasteiger partial charge in [0.25, 0.3) is 5.91 Å². The van der Waals surface area contributed by atoms with E-state index in [1.54, 1.807) is 12.3 Å². The van der Waals surface area contributed by atoms with E-state index in [0.29, 0.717) is 20.8 Å². The summed E-state index contributed by atoms with van der Waals surface area (Å²) in [6, 6.07) is 1.71. The van der Waals surface area contributed by atoms with Crippen LogP contribution in [0.25, 0.3) is 0 Å². The zero-order valence-corrected chi connectivity index (χ0v) is 17.6. The third-order valence-electron chi connectivity index (χ3n) is 5.66. The first-order valence-corrected chi connectivity index (χ1v) is 11.4. The predicted octanol–water partition coefficient (Wildman–Crippen LogP) is 4.75. The van der Waals surface area contributed by atoms with Crippen LogP contribution >= 0.6 is 23.4 Å². The van der Waals surface area contributed by atoms with Gasteiger partial charge in [-0.25, -0.2) is 9.97 Å². The fourth-order valence-electron chi connectivity index (χ4n) is 4.06. The van der Waals surface area contributed by atoms with E-state index in [-0.39, 0.29) is 5.91 Å². The molecule has 2 aromatic heterocycles. The van der Waals surface area contributed by atoms with E-state index in [1.165, 1.54) is 50.3 Å². The lowest BCUT2D eigenvalue weighted by Crippen LogP contribution is -2.35. The number of hydrogen-bond acceptors (Lipinski definition) is 5. The number of pyridine rings is 1. The van der Waals surface area contributed by atoms with Crippen LogP contribution in [0.2, 0.25) is 5.02 Å². The maximum Gasteiger partial charge on any atom is 0.255 e. The van der Waals surface area contributed by atoms with Crippen LogP contribution in [0.5, 0.6) is 0 Å². The van der Waals surface area contributed by atoms with E-state index >= 15 is 0 Å². The van der Waals surface area contributed by atoms with Crippen LogP contribution in [0.1, 0.15) is 67.5 Å². The number of amides is 1. The summed E-state index contributed by atoms with van der Waals surface area (Å²) >= 11 is 7.72. The normalized spacial score (nSPS) is 18.0. The Labute approximate surface area is 174 Å². The number of likely N-dealkylation sites (tertiary alicyclic amines) is 1. The van der Waals surface area contributed by atoms with E-state index in [9.17, 15) is 4.79 Å². The van der Waals surface area contributed by atoms with E-state index in [1.807, 2.05) is 4.90 Å². The third kappa shape index (κ3) is 4.87. The Hall–Kier alpha value is -1.60. The highest BCUT2D eigenvalue weighted by Crippen LogP contribution is 2.31. The highest BCUT2D eigenvalue weighted by atomic mass is 35.5. The first kappa shape index (κ1) is 19.7. The van der Waals surface area contributed by atoms with Crippen molar-refractivity contribution in [2.24, 2.45) is 5.92 Å². The second kappa shape index (κ2) is 9.27. The molecule has 0 spiro atoms. The van der Waals surface area contributed by atoms with Gasteiger partial charge in [0.05, 0.1) is 10.6 Å². The van der Waals surface area contributed by atoms with Crippen LogP contribution in [-0.4, -0.2) is 44.1 Å². The van der Waals surface area contributed by atoms with Crippen molar-refractivity contribution in [2.45, 2.75) is 68.0 Å². The van der Waals surface area contributed by atoms with Gasteiger partial charge in [-0.15, -0.1) is 5.10 Å². The number of aryl methyl sites for hydroxylation is 1. The molecule has 6 nitrogen and oxygen atoms in total. The Morgan fingerprint density at radius 3 is 2.75 bits per heavy atom. The van der Waals surface area contributed by atoms with Crippen molar-refractivity contribution >= 4 is 29.3 Å². The molecule has 2 aromatic rings. The second-order valence-corrected chi connectivity index (χ2v) is 9.08. The Morgan fingerprint density at radius 2 is 2.00 bits per heavy atom. The van der Waals surface area contributed by atoms with Gasteiger partial charge in [-0.1, -0.05) is 37.3 Å². The molecule has 0 aromatic carbocycles. The minimum absolute atomic E-state index is 0.0118. The zero-order chi connectivity index (χ0) is 19.3. The molecule has 1 aliphatic heterocycles. The maximum atomic E-state index is 12.6. The van der Waals surface area contributed by atoms with Crippen molar-refractivity contribution in [2.75, 3.05) is 13.1 Å². The SMILES string of the molecule is O=C(c1cnc(Sc2n[nH]c(CCC3CCCC3)n2)c(Cl)c1)N1CCCCC1. The fourth-order valence-corrected chi connectivity index (χ4v) is 5.02. The minimum Gasteiger partial charge on any atom is -0.339 e. The van der Waals surface area contributed by atoms with Crippen LogP contribution in [0.4, 0.5) is 0 Å². The number of halogens is 1. The summed E-state index contributed by atoms with van der Waals surface area (Å²) in [7, 11) is 0. The Kier molecular flexibility index (Phi) is 6.52. The molecule has 2 aliphatic rings. The third-order valence-corrected chi connectivity index (χ3v) is 6.94. The van der Waals surface area contributed by atoms with E-state index in [4.69, 9.17) is 11.6 Å². The summed E-state index contributed by atoms with van der Waals surface area (Å²) in [6.07, 6.45) is 12.5. The molecular formula is C20H26ClN5OS. The van der Waals surface area contributed by atoms with Crippen molar-refractivity contribution in [3.8, 4) is 0 Å². The number of carbonyl (C=O) groups excluding carboxylic acids is 1. The van der Waals surface area contributed by atoms with Crippen LogP contribution in [0.15, 0.2) is 22.4 Å². The minimum atomic E-state index is 0.0118. The molecule has 1 N–H and O–H groups in total. The first-order valence-electron chi connectivity index (χ1n) is 10.2. The van der Waals surface area contributed by atoms with Crippen LogP contribution in [0, 0.1) is 5.92 Å². The van der Waals surface area contributed by atoms with Gasteiger partial charge in [0.1, 0.15) is 10.9 Å². The lowest BCUT2D eigenvalue weighted by molar-refractivity contribution is 0.0724. The van der Waals surface area contributed by atoms with Crippen LogP contribution < -0.4 is 0 Å². The van der Waals surface area contributed by atoms with E-state index in [2.05, 4.69) is 20.2 Å². The number of carbonyl (C=O) groups is 1. The molecule has 0 bridgehead atoms. The first-order chi connectivity index (χ1) is 13.7. The molecule has 2 fully saturated rings. The summed E-state index contributed by atoms with van der Waals surface area (Å²) in [6.45, 7) is 1.63. The Morgan fingerprint density at radius 1 is 1.21 bits per heavy atom. The number of aromatic amines is 1. The largest absolute Gasteiger partial charge is 0.339 e. The van der Waals surface area contributed by atoms with Crippen molar-refractivity contribution in [3.63, 3.8) is 0 Å². The van der Waals surface area contributed by atoms with Gasteiger partial charge in [-0.2, -0.15) is 0 Å². The number of aromatic nitrogens is 4. The zero-order valence-electron chi connectivity index (χ0n) is 16.0. The molecule has 1 saturated heterocycles. The topological polar surface area (TPSA) is 74.8 Å². The number of H-pyrrole nitrogens is 1. The summed E-state index contributed by atoms with van der Waals surface area (Å²) in [5.74, 6) is 1.77. The average molecular weight is 420 g/mol. The summed E-state index contributed by atoms with van der Waals surface area (Å²) < 4.78 is 0. The Bertz CT molecular complexity index is 815.